The van der Waals surface area contributed by atoms with Gasteiger partial charge in [-0.1, -0.05) is 116 Å². The number of likely N-dealkylation sites (N-methyl/N-ethyl adjacent to an activating group) is 1. The van der Waals surface area contributed by atoms with Crippen LogP contribution in [0.4, 0.5) is 11.4 Å². The van der Waals surface area contributed by atoms with E-state index in [-0.39, 0.29) is 36.7 Å². The highest BCUT2D eigenvalue weighted by Gasteiger charge is 2.33. The average Bonchev–Trinajstić information content (AvgIpc) is 3.23. The van der Waals surface area contributed by atoms with Crippen LogP contribution >= 0.6 is 0 Å². The quantitative estimate of drug-likeness (QED) is 0.0552. The molecule has 5 N–H and O–H groups in total. The van der Waals surface area contributed by atoms with Crippen molar-refractivity contribution < 1.29 is 24.2 Å². The molecule has 5 aromatic rings. The zero-order chi connectivity index (χ0) is 39.3. The number of para-hydroxylation sites is 2. The van der Waals surface area contributed by atoms with Crippen LogP contribution in [-0.2, 0) is 32.2 Å². The van der Waals surface area contributed by atoms with Gasteiger partial charge in [-0.2, -0.15) is 0 Å². The third-order valence-electron chi connectivity index (χ3n) is 10.5. The Labute approximate surface area is 330 Å². The molecule has 1 aliphatic rings. The van der Waals surface area contributed by atoms with Crippen LogP contribution in [0.5, 0.6) is 0 Å². The molecule has 0 spiro atoms. The molecule has 0 bridgehead atoms. The molecule has 0 saturated carbocycles. The van der Waals surface area contributed by atoms with Crippen molar-refractivity contribution in [1.82, 2.24) is 10.2 Å². The maximum Gasteiger partial charge on any atom is 0.224 e. The molecular weight excluding hydrogens is 701 g/mol. The fourth-order valence-corrected chi connectivity index (χ4v) is 7.05. The van der Waals surface area contributed by atoms with Crippen molar-refractivity contribution >= 4 is 23.2 Å². The largest absolute Gasteiger partial charge is 0.397 e. The number of anilines is 2. The number of aliphatic hydroxyl groups is 1. The van der Waals surface area contributed by atoms with Crippen molar-refractivity contribution in [3.05, 3.63) is 155 Å². The minimum atomic E-state index is -0.543. The molecule has 4 atom stereocenters. The highest BCUT2D eigenvalue weighted by molar-refractivity contribution is 5.93. The van der Waals surface area contributed by atoms with E-state index in [1.165, 1.54) is 5.56 Å². The van der Waals surface area contributed by atoms with Gasteiger partial charge in [0.05, 0.1) is 30.2 Å². The van der Waals surface area contributed by atoms with E-state index >= 15 is 0 Å². The predicted octanol–water partition coefficient (Wildman–Crippen LogP) is 8.87. The Bertz CT molecular complexity index is 2000. The minimum Gasteiger partial charge on any atom is -0.397 e. The van der Waals surface area contributed by atoms with E-state index in [4.69, 9.17) is 15.2 Å². The Morgan fingerprint density at radius 2 is 1.46 bits per heavy atom. The van der Waals surface area contributed by atoms with Gasteiger partial charge >= 0.3 is 0 Å². The lowest BCUT2D eigenvalue weighted by Crippen LogP contribution is -2.38. The number of amides is 2. The van der Waals surface area contributed by atoms with E-state index in [0.717, 1.165) is 46.3 Å². The number of carbonyl (C=O) groups is 2. The smallest absolute Gasteiger partial charge is 0.224 e. The molecule has 6 rings (SSSR count). The molecule has 0 aromatic heterocycles. The normalized spacial score (nSPS) is 17.3. The first-order chi connectivity index (χ1) is 27.2. The first kappa shape index (κ1) is 40.3. The third-order valence-corrected chi connectivity index (χ3v) is 10.5. The lowest BCUT2D eigenvalue weighted by Gasteiger charge is -2.39. The van der Waals surface area contributed by atoms with Crippen LogP contribution in [0.1, 0.15) is 91.7 Å². The summed E-state index contributed by atoms with van der Waals surface area (Å²) in [4.78, 5) is 27.2. The third kappa shape index (κ3) is 11.4. The number of ether oxygens (including phenoxy) is 2. The van der Waals surface area contributed by atoms with Crippen molar-refractivity contribution in [1.29, 1.82) is 0 Å². The minimum absolute atomic E-state index is 0.00316. The summed E-state index contributed by atoms with van der Waals surface area (Å²) in [6.07, 6.45) is 2.96. The number of benzene rings is 5. The molecule has 5 aromatic carbocycles. The van der Waals surface area contributed by atoms with Crippen molar-refractivity contribution in [3.63, 3.8) is 0 Å². The number of rotatable bonds is 17. The maximum atomic E-state index is 12.6. The highest BCUT2D eigenvalue weighted by atomic mass is 16.7. The zero-order valence-electron chi connectivity index (χ0n) is 32.4. The number of nitrogens with one attached hydrogen (secondary N) is 2. The molecule has 0 aliphatic carbocycles. The maximum absolute atomic E-state index is 12.6. The second-order valence-electron chi connectivity index (χ2n) is 14.7. The van der Waals surface area contributed by atoms with Gasteiger partial charge in [0.15, 0.2) is 6.29 Å². The van der Waals surface area contributed by atoms with E-state index in [0.29, 0.717) is 50.0 Å². The van der Waals surface area contributed by atoms with Crippen LogP contribution in [0.2, 0.25) is 0 Å². The number of nitrogens with two attached hydrogens (primary N) is 1. The number of unbranched alkanes of at least 4 members (excludes halogenated alkanes) is 2. The van der Waals surface area contributed by atoms with Gasteiger partial charge < -0.3 is 30.9 Å². The van der Waals surface area contributed by atoms with Gasteiger partial charge in [0.1, 0.15) is 0 Å². The van der Waals surface area contributed by atoms with Gasteiger partial charge in [0.2, 0.25) is 11.8 Å². The lowest BCUT2D eigenvalue weighted by molar-refractivity contribution is -0.253. The first-order valence-electron chi connectivity index (χ1n) is 19.6. The van der Waals surface area contributed by atoms with E-state index in [9.17, 15) is 14.7 Å². The molecule has 9 nitrogen and oxygen atoms in total. The molecule has 0 unspecified atom stereocenters. The van der Waals surface area contributed by atoms with Crippen LogP contribution in [0, 0.1) is 0 Å². The van der Waals surface area contributed by atoms with Crippen LogP contribution in [-0.4, -0.2) is 41.5 Å². The molecular formula is C47H54N4O5. The summed E-state index contributed by atoms with van der Waals surface area (Å²) in [6, 6.07) is 42.4. The topological polar surface area (TPSA) is 126 Å². The van der Waals surface area contributed by atoms with Crippen molar-refractivity contribution in [2.45, 2.75) is 83.1 Å². The number of carbonyl (C=O) groups excluding carboxylic acids is 2. The van der Waals surface area contributed by atoms with Crippen LogP contribution in [0.3, 0.4) is 0 Å². The SMILES string of the molecule is C[C@@H](c1ccccc1)N(C)C[C@H]1C[C@@H](c2ccc(CO)cc2)O[C@@H](c2ccc(-c3cccc(CNC(=O)CCCCCC(=O)Nc4ccccc4N)c3)cc2)O1. The second kappa shape index (κ2) is 20.0. The molecule has 0 radical (unpaired) electrons. The Morgan fingerprint density at radius 1 is 0.768 bits per heavy atom. The summed E-state index contributed by atoms with van der Waals surface area (Å²) in [6.45, 7) is 3.40. The standard InChI is InChI=1S/C47H54N4O5/c1-33(36-13-5-3-6-14-36)51(2)31-41-29-44(38-22-20-34(32-52)21-23-38)56-47(55-41)39-26-24-37(25-27-39)40-15-11-12-35(28-40)30-49-45(53)18-7-4-8-19-46(54)50-43-17-10-9-16-42(43)48/h3,5-6,9-17,20-28,33,41,44,47,52H,4,7-8,18-19,29-32,48H2,1-2H3,(H,49,53)(H,50,54)/t33-,41+,44-,47-/m0/s1. The van der Waals surface area contributed by atoms with E-state index in [1.807, 2.05) is 54.6 Å². The Hall–Kier alpha value is -5.32. The molecule has 9 heteroatoms. The van der Waals surface area contributed by atoms with E-state index in [2.05, 4.69) is 90.2 Å². The van der Waals surface area contributed by atoms with Crippen LogP contribution in [0.15, 0.2) is 127 Å². The lowest BCUT2D eigenvalue weighted by atomic mass is 9.98. The molecule has 1 aliphatic heterocycles. The van der Waals surface area contributed by atoms with Crippen LogP contribution in [0.25, 0.3) is 11.1 Å². The van der Waals surface area contributed by atoms with Gasteiger partial charge in [-0.15, -0.1) is 0 Å². The summed E-state index contributed by atoms with van der Waals surface area (Å²) in [7, 11) is 2.14. The molecule has 1 saturated heterocycles. The van der Waals surface area contributed by atoms with Crippen molar-refractivity contribution in [3.8, 4) is 11.1 Å². The number of nitrogens with zero attached hydrogens (tertiary/aromatic N) is 1. The summed E-state index contributed by atoms with van der Waals surface area (Å²) in [5.74, 6) is -0.0790. The summed E-state index contributed by atoms with van der Waals surface area (Å²) >= 11 is 0. The number of aliphatic hydroxyl groups excluding tert-OH is 1. The highest BCUT2D eigenvalue weighted by Crippen LogP contribution is 2.39. The predicted molar refractivity (Wildman–Crippen MR) is 222 cm³/mol. The van der Waals surface area contributed by atoms with Crippen LogP contribution < -0.4 is 16.4 Å². The zero-order valence-corrected chi connectivity index (χ0v) is 32.4. The molecule has 1 heterocycles. The summed E-state index contributed by atoms with van der Waals surface area (Å²) < 4.78 is 13.3. The Balaban J connectivity index is 1.02. The average molecular weight is 755 g/mol. The van der Waals surface area contributed by atoms with E-state index < -0.39 is 6.29 Å². The van der Waals surface area contributed by atoms with Gasteiger partial charge in [0, 0.05) is 44.0 Å². The molecule has 292 valence electrons. The van der Waals surface area contributed by atoms with Crippen molar-refractivity contribution in [2.75, 3.05) is 24.6 Å². The number of hydrogen-bond donors (Lipinski definition) is 4. The molecule has 2 amide bonds. The molecule has 1 fully saturated rings. The fraction of sp³-hybridized carbons (Fsp3) is 0.319. The monoisotopic (exact) mass is 754 g/mol. The number of hydrogen-bond acceptors (Lipinski definition) is 7. The Morgan fingerprint density at radius 3 is 2.20 bits per heavy atom. The second-order valence-corrected chi connectivity index (χ2v) is 14.7. The Kier molecular flexibility index (Phi) is 14.4. The van der Waals surface area contributed by atoms with E-state index in [1.54, 1.807) is 12.1 Å². The molecule has 56 heavy (non-hydrogen) atoms. The summed E-state index contributed by atoms with van der Waals surface area (Å²) in [5, 5.41) is 15.5. The van der Waals surface area contributed by atoms with Gasteiger partial charge in [0.25, 0.3) is 0 Å². The van der Waals surface area contributed by atoms with Gasteiger partial charge in [-0.3, -0.25) is 14.5 Å². The van der Waals surface area contributed by atoms with Gasteiger partial charge in [-0.05, 0) is 78.4 Å². The van der Waals surface area contributed by atoms with Crippen molar-refractivity contribution in [2.24, 2.45) is 0 Å². The number of nitrogen functional groups attached to an aromatic ring is 1. The fourth-order valence-electron chi connectivity index (χ4n) is 7.05. The van der Waals surface area contributed by atoms with Gasteiger partial charge in [-0.25, -0.2) is 0 Å². The first-order valence-corrected chi connectivity index (χ1v) is 19.6. The summed E-state index contributed by atoms with van der Waals surface area (Å²) in [5.41, 5.74) is 14.3.